The van der Waals surface area contributed by atoms with Gasteiger partial charge in [-0.3, -0.25) is 4.40 Å². The zero-order chi connectivity index (χ0) is 10.3. The summed E-state index contributed by atoms with van der Waals surface area (Å²) >= 11 is 0. The van der Waals surface area contributed by atoms with E-state index in [2.05, 4.69) is 9.97 Å². The first-order valence-corrected chi connectivity index (χ1v) is 4.21. The number of nitrogens with zero attached hydrogens (tertiary/aromatic N) is 3. The summed E-state index contributed by atoms with van der Waals surface area (Å²) in [5.41, 5.74) is 7.60. The van der Waals surface area contributed by atoms with Gasteiger partial charge in [-0.2, -0.15) is 9.97 Å². The zero-order valence-corrected chi connectivity index (χ0v) is 7.98. The molecule has 2 rings (SSSR count). The number of hydrogen-bond donors (Lipinski definition) is 1. The molecule has 2 aromatic rings. The Kier molecular flexibility index (Phi) is 1.73. The molecule has 72 valence electrons. The van der Waals surface area contributed by atoms with Crippen molar-refractivity contribution < 1.29 is 0 Å². The largest absolute Gasteiger partial charge is 0.368 e. The molecule has 0 aliphatic heterocycles. The van der Waals surface area contributed by atoms with Crippen molar-refractivity contribution in [3.8, 4) is 0 Å². The molecule has 5 nitrogen and oxygen atoms in total. The Bertz CT molecular complexity index is 558. The van der Waals surface area contributed by atoms with Crippen molar-refractivity contribution in [1.82, 2.24) is 14.4 Å². The number of fused-ring (bicyclic) bond motifs is 1. The van der Waals surface area contributed by atoms with Crippen molar-refractivity contribution in [2.24, 2.45) is 0 Å². The van der Waals surface area contributed by atoms with Crippen LogP contribution in [0.5, 0.6) is 0 Å². The molecule has 0 unspecified atom stereocenters. The van der Waals surface area contributed by atoms with Gasteiger partial charge in [-0.1, -0.05) is 0 Å². The molecule has 0 bridgehead atoms. The molecule has 5 heteroatoms. The van der Waals surface area contributed by atoms with Crippen molar-refractivity contribution in [3.63, 3.8) is 0 Å². The van der Waals surface area contributed by atoms with Crippen LogP contribution in [0.15, 0.2) is 17.1 Å². The summed E-state index contributed by atoms with van der Waals surface area (Å²) in [6.07, 6.45) is 1.65. The maximum atomic E-state index is 11.4. The first-order valence-electron chi connectivity index (χ1n) is 4.21. The van der Waals surface area contributed by atoms with E-state index in [0.29, 0.717) is 5.65 Å². The van der Waals surface area contributed by atoms with Gasteiger partial charge < -0.3 is 5.73 Å². The Balaban J connectivity index is 3.03. The highest BCUT2D eigenvalue weighted by Gasteiger charge is 2.04. The summed E-state index contributed by atoms with van der Waals surface area (Å²) in [4.78, 5) is 19.0. The van der Waals surface area contributed by atoms with Gasteiger partial charge in [0.15, 0.2) is 0 Å². The molecule has 0 atom stereocenters. The maximum Gasteiger partial charge on any atom is 0.356 e. The second-order valence-corrected chi connectivity index (χ2v) is 3.18. The molecule has 0 saturated heterocycles. The number of aromatic nitrogens is 3. The third kappa shape index (κ3) is 1.14. The van der Waals surface area contributed by atoms with E-state index in [1.165, 1.54) is 4.40 Å². The minimum atomic E-state index is -0.393. The number of pyridine rings is 1. The molecule has 0 saturated carbocycles. The average molecular weight is 190 g/mol. The normalized spacial score (nSPS) is 10.7. The second-order valence-electron chi connectivity index (χ2n) is 3.18. The van der Waals surface area contributed by atoms with Crippen molar-refractivity contribution in [2.75, 3.05) is 5.73 Å². The monoisotopic (exact) mass is 190 g/mol. The van der Waals surface area contributed by atoms with Crippen LogP contribution in [0.1, 0.15) is 11.1 Å². The molecule has 0 aliphatic carbocycles. The van der Waals surface area contributed by atoms with Gasteiger partial charge >= 0.3 is 5.69 Å². The first-order chi connectivity index (χ1) is 6.59. The Hall–Kier alpha value is -1.91. The highest BCUT2D eigenvalue weighted by molar-refractivity contribution is 5.51. The summed E-state index contributed by atoms with van der Waals surface area (Å²) in [5, 5.41) is 0. The fourth-order valence-corrected chi connectivity index (χ4v) is 1.32. The number of anilines is 1. The number of nitrogen functional groups attached to an aromatic ring is 1. The van der Waals surface area contributed by atoms with Crippen LogP contribution in [-0.4, -0.2) is 14.4 Å². The van der Waals surface area contributed by atoms with E-state index < -0.39 is 5.69 Å². The van der Waals surface area contributed by atoms with Crippen molar-refractivity contribution in [2.45, 2.75) is 13.8 Å². The van der Waals surface area contributed by atoms with Crippen LogP contribution in [-0.2, 0) is 0 Å². The Morgan fingerprint density at radius 2 is 2.07 bits per heavy atom. The molecule has 0 spiro atoms. The number of rotatable bonds is 0. The van der Waals surface area contributed by atoms with E-state index in [-0.39, 0.29) is 5.95 Å². The SMILES string of the molecule is Cc1ccn2c(=O)nc(N)nc2c1C. The van der Waals surface area contributed by atoms with Crippen LogP contribution >= 0.6 is 0 Å². The molecule has 0 aliphatic rings. The van der Waals surface area contributed by atoms with Gasteiger partial charge in [0.2, 0.25) is 5.95 Å². The predicted molar refractivity (Wildman–Crippen MR) is 53.1 cm³/mol. The Morgan fingerprint density at radius 1 is 1.36 bits per heavy atom. The Labute approximate surface area is 80.2 Å². The number of hydrogen-bond acceptors (Lipinski definition) is 4. The highest BCUT2D eigenvalue weighted by Crippen LogP contribution is 2.10. The van der Waals surface area contributed by atoms with Gasteiger partial charge in [-0.15, -0.1) is 0 Å². The minimum absolute atomic E-state index is 0.0173. The van der Waals surface area contributed by atoms with Gasteiger partial charge in [0, 0.05) is 6.20 Å². The lowest BCUT2D eigenvalue weighted by Crippen LogP contribution is -2.20. The molecular formula is C9H10N4O. The molecule has 0 fully saturated rings. The zero-order valence-electron chi connectivity index (χ0n) is 7.98. The quantitative estimate of drug-likeness (QED) is 0.648. The molecule has 2 aromatic heterocycles. The summed E-state index contributed by atoms with van der Waals surface area (Å²) in [7, 11) is 0. The van der Waals surface area contributed by atoms with E-state index in [4.69, 9.17) is 5.73 Å². The maximum absolute atomic E-state index is 11.4. The molecular weight excluding hydrogens is 180 g/mol. The van der Waals surface area contributed by atoms with Crippen LogP contribution in [0.2, 0.25) is 0 Å². The molecule has 2 N–H and O–H groups in total. The predicted octanol–water partition coefficient (Wildman–Crippen LogP) is 0.289. The lowest BCUT2D eigenvalue weighted by atomic mass is 10.2. The van der Waals surface area contributed by atoms with Crippen molar-refractivity contribution in [3.05, 3.63) is 33.9 Å². The number of aryl methyl sites for hydroxylation is 2. The fraction of sp³-hybridized carbons (Fsp3) is 0.222. The smallest absolute Gasteiger partial charge is 0.356 e. The first kappa shape index (κ1) is 8.68. The van der Waals surface area contributed by atoms with E-state index in [0.717, 1.165) is 11.1 Å². The average Bonchev–Trinajstić information content (AvgIpc) is 2.12. The molecule has 2 heterocycles. The fourth-order valence-electron chi connectivity index (χ4n) is 1.32. The topological polar surface area (TPSA) is 73.3 Å². The van der Waals surface area contributed by atoms with Gasteiger partial charge in [-0.25, -0.2) is 4.79 Å². The van der Waals surface area contributed by atoms with Crippen molar-refractivity contribution in [1.29, 1.82) is 0 Å². The van der Waals surface area contributed by atoms with E-state index in [9.17, 15) is 4.79 Å². The third-order valence-electron chi connectivity index (χ3n) is 2.27. The second kappa shape index (κ2) is 2.80. The van der Waals surface area contributed by atoms with Gasteiger partial charge in [-0.05, 0) is 31.0 Å². The third-order valence-corrected chi connectivity index (χ3v) is 2.27. The molecule has 0 radical (unpaired) electrons. The highest BCUT2D eigenvalue weighted by atomic mass is 16.1. The van der Waals surface area contributed by atoms with Crippen LogP contribution in [0.25, 0.3) is 5.65 Å². The van der Waals surface area contributed by atoms with Crippen LogP contribution in [0.3, 0.4) is 0 Å². The van der Waals surface area contributed by atoms with Gasteiger partial charge in [0.25, 0.3) is 0 Å². The van der Waals surface area contributed by atoms with Gasteiger partial charge in [0.1, 0.15) is 5.65 Å². The van der Waals surface area contributed by atoms with E-state index in [1.54, 1.807) is 6.20 Å². The minimum Gasteiger partial charge on any atom is -0.368 e. The lowest BCUT2D eigenvalue weighted by Gasteiger charge is -2.05. The van der Waals surface area contributed by atoms with E-state index in [1.807, 2.05) is 19.9 Å². The lowest BCUT2D eigenvalue weighted by molar-refractivity contribution is 0.939. The summed E-state index contributed by atoms with van der Waals surface area (Å²) in [5.74, 6) is 0.0173. The Morgan fingerprint density at radius 3 is 2.79 bits per heavy atom. The van der Waals surface area contributed by atoms with Crippen LogP contribution < -0.4 is 11.4 Å². The summed E-state index contributed by atoms with van der Waals surface area (Å²) < 4.78 is 1.39. The molecule has 14 heavy (non-hydrogen) atoms. The summed E-state index contributed by atoms with van der Waals surface area (Å²) in [6, 6.07) is 1.85. The number of nitrogens with two attached hydrogens (primary N) is 1. The van der Waals surface area contributed by atoms with Crippen LogP contribution in [0, 0.1) is 13.8 Å². The van der Waals surface area contributed by atoms with Gasteiger partial charge in [0.05, 0.1) is 0 Å². The molecule has 0 aromatic carbocycles. The van der Waals surface area contributed by atoms with Crippen molar-refractivity contribution >= 4 is 11.6 Å². The summed E-state index contributed by atoms with van der Waals surface area (Å²) in [6.45, 7) is 3.86. The van der Waals surface area contributed by atoms with Crippen LogP contribution in [0.4, 0.5) is 5.95 Å². The molecule has 0 amide bonds. The standard InChI is InChI=1S/C9H10N4O/c1-5-3-4-13-7(6(5)2)11-8(10)12-9(13)14/h3-4H,1-2H3,(H2,10,12,14). The van der Waals surface area contributed by atoms with E-state index >= 15 is 0 Å².